The maximum absolute atomic E-state index is 13.8. The molecule has 1 saturated carbocycles. The minimum absolute atomic E-state index is 0.117. The lowest BCUT2D eigenvalue weighted by atomic mass is 9.85. The molecule has 0 aromatic heterocycles. The molecule has 4 atom stereocenters. The van der Waals surface area contributed by atoms with Gasteiger partial charge >= 0.3 is 0 Å². The second kappa shape index (κ2) is 9.23. The van der Waals surface area contributed by atoms with Crippen LogP contribution < -0.4 is 14.4 Å². The minimum Gasteiger partial charge on any atom is -0.497 e. The van der Waals surface area contributed by atoms with Crippen molar-refractivity contribution in [2.24, 2.45) is 23.7 Å². The highest BCUT2D eigenvalue weighted by molar-refractivity contribution is 6.23. The zero-order valence-electron chi connectivity index (χ0n) is 21.7. The standard InChI is InChI=1S/C31H26N2O6/c1-17-4-9-20(16-25(17)33(36)37)32-30(34)28-23-14-15-24(29(28)31(32)35)27(23)26(18-5-10-21(38-2)11-6-18)19-7-12-22(39-3)13-8-19/h4-16,23-24,28-29H,1-3H3/t23-,24-,28-,29+/m1/s1. The number of nitro groups is 1. The van der Waals surface area contributed by atoms with Gasteiger partial charge in [-0.1, -0.05) is 42.5 Å². The molecule has 0 radical (unpaired) electrons. The number of hydrogen-bond acceptors (Lipinski definition) is 6. The van der Waals surface area contributed by atoms with Crippen LogP contribution in [0, 0.1) is 40.7 Å². The molecule has 0 N–H and O–H groups in total. The Balaban J connectivity index is 1.46. The van der Waals surface area contributed by atoms with Crippen molar-refractivity contribution >= 4 is 28.8 Å². The Bertz CT molecular complexity index is 1490. The molecule has 2 amide bonds. The number of carbonyl (C=O) groups excluding carboxylic acids is 2. The van der Waals surface area contributed by atoms with Crippen LogP contribution in [0.2, 0.25) is 0 Å². The molecule has 8 heteroatoms. The van der Waals surface area contributed by atoms with Gasteiger partial charge in [-0.2, -0.15) is 0 Å². The number of nitrogens with zero attached hydrogens (tertiary/aromatic N) is 2. The Kier molecular flexibility index (Phi) is 5.83. The number of aryl methyl sites for hydroxylation is 1. The Hall–Kier alpha value is -4.72. The van der Waals surface area contributed by atoms with Crippen molar-refractivity contribution in [3.8, 4) is 11.5 Å². The Labute approximate surface area is 225 Å². The number of hydrogen-bond donors (Lipinski definition) is 0. The average Bonchev–Trinajstić information content (AvgIpc) is 3.58. The highest BCUT2D eigenvalue weighted by Crippen LogP contribution is 2.59. The molecule has 1 saturated heterocycles. The summed E-state index contributed by atoms with van der Waals surface area (Å²) in [6.45, 7) is 1.63. The summed E-state index contributed by atoms with van der Waals surface area (Å²) in [5.74, 6) is -0.820. The van der Waals surface area contributed by atoms with E-state index in [0.717, 1.165) is 38.7 Å². The summed E-state index contributed by atoms with van der Waals surface area (Å²) >= 11 is 0. The number of ether oxygens (including phenoxy) is 2. The smallest absolute Gasteiger partial charge is 0.274 e. The summed E-state index contributed by atoms with van der Waals surface area (Å²) in [7, 11) is 3.23. The number of carbonyl (C=O) groups is 2. The van der Waals surface area contributed by atoms with Crippen LogP contribution in [0.4, 0.5) is 11.4 Å². The largest absolute Gasteiger partial charge is 0.497 e. The van der Waals surface area contributed by atoms with Crippen molar-refractivity contribution in [1.29, 1.82) is 0 Å². The van der Waals surface area contributed by atoms with Crippen molar-refractivity contribution < 1.29 is 24.0 Å². The van der Waals surface area contributed by atoms with E-state index in [1.54, 1.807) is 33.3 Å². The third-order valence-corrected chi connectivity index (χ3v) is 8.11. The maximum Gasteiger partial charge on any atom is 0.274 e. The first-order valence-corrected chi connectivity index (χ1v) is 12.7. The second-order valence-corrected chi connectivity index (χ2v) is 10.0. The van der Waals surface area contributed by atoms with E-state index in [2.05, 4.69) is 0 Å². The fraction of sp³-hybridized carbons (Fsp3) is 0.226. The third-order valence-electron chi connectivity index (χ3n) is 8.11. The first-order valence-electron chi connectivity index (χ1n) is 12.7. The lowest BCUT2D eigenvalue weighted by molar-refractivity contribution is -0.385. The van der Waals surface area contributed by atoms with E-state index < -0.39 is 16.8 Å². The molecule has 8 nitrogen and oxygen atoms in total. The SMILES string of the molecule is COc1ccc(C(=C2[C@H]3C=C[C@H]2[C@H]2C(=O)N(c4ccc(C)c([N+](=O)[O-])c4)C(=O)[C@H]23)c2ccc(OC)cc2)cc1. The van der Waals surface area contributed by atoms with Crippen LogP contribution in [0.25, 0.3) is 5.57 Å². The Morgan fingerprint density at radius 3 is 1.72 bits per heavy atom. The van der Waals surface area contributed by atoms with E-state index in [4.69, 9.17) is 9.47 Å². The molecule has 2 fully saturated rings. The summed E-state index contributed by atoms with van der Waals surface area (Å²) in [6.07, 6.45) is 4.06. The Morgan fingerprint density at radius 2 is 1.28 bits per heavy atom. The van der Waals surface area contributed by atoms with Crippen LogP contribution in [-0.2, 0) is 9.59 Å². The van der Waals surface area contributed by atoms with E-state index in [-0.39, 0.29) is 35.0 Å². The minimum atomic E-state index is -0.561. The normalized spacial score (nSPS) is 22.8. The lowest BCUT2D eigenvalue weighted by Crippen LogP contribution is -2.33. The topological polar surface area (TPSA) is 99.0 Å². The quantitative estimate of drug-likeness (QED) is 0.187. The van der Waals surface area contributed by atoms with Crippen LogP contribution in [0.1, 0.15) is 16.7 Å². The predicted octanol–water partition coefficient (Wildman–Crippen LogP) is 5.34. The first-order chi connectivity index (χ1) is 18.8. The van der Waals surface area contributed by atoms with Gasteiger partial charge in [-0.15, -0.1) is 0 Å². The van der Waals surface area contributed by atoms with Crippen LogP contribution in [-0.4, -0.2) is 31.0 Å². The first kappa shape index (κ1) is 24.6. The van der Waals surface area contributed by atoms with Crippen molar-refractivity contribution in [3.05, 3.63) is 111 Å². The molecule has 6 rings (SSSR count). The van der Waals surface area contributed by atoms with E-state index in [0.29, 0.717) is 5.56 Å². The monoisotopic (exact) mass is 522 g/mol. The molecule has 2 bridgehead atoms. The molecule has 3 aliphatic rings. The number of amides is 2. The maximum atomic E-state index is 13.8. The van der Waals surface area contributed by atoms with Crippen molar-refractivity contribution in [2.75, 3.05) is 19.1 Å². The van der Waals surface area contributed by atoms with Gasteiger partial charge in [-0.05, 0) is 59.5 Å². The number of nitro benzene ring substituents is 1. The summed E-state index contributed by atoms with van der Waals surface area (Å²) in [4.78, 5) is 39.8. The van der Waals surface area contributed by atoms with Crippen LogP contribution >= 0.6 is 0 Å². The van der Waals surface area contributed by atoms with Gasteiger partial charge in [0.15, 0.2) is 0 Å². The van der Waals surface area contributed by atoms with Gasteiger partial charge in [0.25, 0.3) is 5.69 Å². The van der Waals surface area contributed by atoms with Gasteiger partial charge in [0.05, 0.1) is 36.7 Å². The van der Waals surface area contributed by atoms with Crippen molar-refractivity contribution in [2.45, 2.75) is 6.92 Å². The van der Waals surface area contributed by atoms with Crippen LogP contribution in [0.3, 0.4) is 0 Å². The highest BCUT2D eigenvalue weighted by atomic mass is 16.6. The molecule has 39 heavy (non-hydrogen) atoms. The van der Waals surface area contributed by atoms with Gasteiger partial charge in [-0.25, -0.2) is 4.90 Å². The molecular formula is C31H26N2O6. The number of imide groups is 1. The molecule has 0 unspecified atom stereocenters. The molecule has 1 aliphatic heterocycles. The van der Waals surface area contributed by atoms with Crippen LogP contribution in [0.5, 0.6) is 11.5 Å². The summed E-state index contributed by atoms with van der Waals surface area (Å²) in [6, 6.07) is 20.0. The third kappa shape index (κ3) is 3.74. The summed E-state index contributed by atoms with van der Waals surface area (Å²) < 4.78 is 10.7. The Morgan fingerprint density at radius 1 is 0.795 bits per heavy atom. The fourth-order valence-electron chi connectivity index (χ4n) is 6.30. The number of allylic oxidation sites excluding steroid dienone is 3. The number of anilines is 1. The molecule has 196 valence electrons. The molecule has 3 aromatic rings. The zero-order valence-corrected chi connectivity index (χ0v) is 21.7. The molecule has 2 aliphatic carbocycles. The fourth-order valence-corrected chi connectivity index (χ4v) is 6.30. The number of methoxy groups -OCH3 is 2. The number of benzene rings is 3. The molecule has 3 aromatic carbocycles. The van der Waals surface area contributed by atoms with Gasteiger partial charge in [0.1, 0.15) is 11.5 Å². The van der Waals surface area contributed by atoms with Gasteiger partial charge in [0.2, 0.25) is 11.8 Å². The molecule has 1 heterocycles. The predicted molar refractivity (Wildman–Crippen MR) is 145 cm³/mol. The van der Waals surface area contributed by atoms with Gasteiger partial charge < -0.3 is 9.47 Å². The van der Waals surface area contributed by atoms with Gasteiger partial charge in [0, 0.05) is 23.5 Å². The van der Waals surface area contributed by atoms with E-state index in [1.807, 2.05) is 60.7 Å². The van der Waals surface area contributed by atoms with E-state index >= 15 is 0 Å². The average molecular weight is 523 g/mol. The van der Waals surface area contributed by atoms with Crippen LogP contribution in [0.15, 0.2) is 84.5 Å². The summed E-state index contributed by atoms with van der Waals surface area (Å²) in [5.41, 5.74) is 4.53. The number of rotatable bonds is 6. The zero-order chi connectivity index (χ0) is 27.4. The van der Waals surface area contributed by atoms with E-state index in [1.165, 1.54) is 6.07 Å². The second-order valence-electron chi connectivity index (χ2n) is 10.0. The highest BCUT2D eigenvalue weighted by Gasteiger charge is 2.62. The van der Waals surface area contributed by atoms with Crippen molar-refractivity contribution in [3.63, 3.8) is 0 Å². The lowest BCUT2D eigenvalue weighted by Gasteiger charge is -2.22. The summed E-state index contributed by atoms with van der Waals surface area (Å²) in [5, 5.41) is 11.5. The van der Waals surface area contributed by atoms with Gasteiger partial charge in [-0.3, -0.25) is 19.7 Å². The molecule has 0 spiro atoms. The molecular weight excluding hydrogens is 496 g/mol. The van der Waals surface area contributed by atoms with E-state index in [9.17, 15) is 19.7 Å². The van der Waals surface area contributed by atoms with Crippen molar-refractivity contribution in [1.82, 2.24) is 0 Å². The number of fused-ring (bicyclic) bond motifs is 5.